The van der Waals surface area contributed by atoms with Gasteiger partial charge in [-0.25, -0.2) is 8.78 Å². The summed E-state index contributed by atoms with van der Waals surface area (Å²) in [6.07, 6.45) is 0. The Morgan fingerprint density at radius 2 is 1.84 bits per heavy atom. The normalized spacial score (nSPS) is 12.5. The molecule has 1 nitrogen and oxygen atoms in total. The Morgan fingerprint density at radius 1 is 1.11 bits per heavy atom. The van der Waals surface area contributed by atoms with E-state index in [1.54, 1.807) is 25.2 Å². The predicted octanol–water partition coefficient (Wildman–Crippen LogP) is 4.34. The van der Waals surface area contributed by atoms with E-state index in [0.717, 1.165) is 5.56 Å². The molecule has 0 saturated heterocycles. The number of aryl methyl sites for hydroxylation is 1. The maximum absolute atomic E-state index is 13.9. The Kier molecular flexibility index (Phi) is 4.32. The van der Waals surface area contributed by atoms with E-state index in [9.17, 15) is 8.78 Å². The SMILES string of the molecule is CNC(c1cc(F)cc(Br)c1)c1cc(C)ccc1F. The molecule has 0 fully saturated rings. The molecule has 0 saturated carbocycles. The van der Waals surface area contributed by atoms with Gasteiger partial charge in [-0.1, -0.05) is 33.6 Å². The van der Waals surface area contributed by atoms with Gasteiger partial charge in [0, 0.05) is 10.0 Å². The van der Waals surface area contributed by atoms with Crippen LogP contribution in [-0.2, 0) is 0 Å². The summed E-state index contributed by atoms with van der Waals surface area (Å²) in [6, 6.07) is 9.11. The van der Waals surface area contributed by atoms with Gasteiger partial charge >= 0.3 is 0 Å². The molecule has 2 aromatic rings. The van der Waals surface area contributed by atoms with Crippen LogP contribution in [-0.4, -0.2) is 7.05 Å². The average molecular weight is 326 g/mol. The monoisotopic (exact) mass is 325 g/mol. The van der Waals surface area contributed by atoms with E-state index in [4.69, 9.17) is 0 Å². The van der Waals surface area contributed by atoms with E-state index >= 15 is 0 Å². The van der Waals surface area contributed by atoms with Gasteiger partial charge in [-0.05, 0) is 43.8 Å². The third-order valence-electron chi connectivity index (χ3n) is 2.97. The van der Waals surface area contributed by atoms with E-state index in [-0.39, 0.29) is 17.7 Å². The standard InChI is InChI=1S/C15H14BrF2N/c1-9-3-4-14(18)13(5-9)15(19-2)10-6-11(16)8-12(17)7-10/h3-8,15,19H,1-2H3. The molecule has 0 aliphatic carbocycles. The Morgan fingerprint density at radius 3 is 2.47 bits per heavy atom. The zero-order valence-corrected chi connectivity index (χ0v) is 12.3. The minimum Gasteiger partial charge on any atom is -0.309 e. The van der Waals surface area contributed by atoms with Gasteiger partial charge < -0.3 is 5.32 Å². The molecule has 0 aromatic heterocycles. The van der Waals surface area contributed by atoms with E-state index in [1.165, 1.54) is 18.2 Å². The van der Waals surface area contributed by atoms with Crippen LogP contribution in [0.25, 0.3) is 0 Å². The smallest absolute Gasteiger partial charge is 0.128 e. The van der Waals surface area contributed by atoms with Crippen molar-refractivity contribution < 1.29 is 8.78 Å². The van der Waals surface area contributed by atoms with E-state index in [2.05, 4.69) is 21.2 Å². The van der Waals surface area contributed by atoms with Gasteiger partial charge in [0.1, 0.15) is 11.6 Å². The van der Waals surface area contributed by atoms with Gasteiger partial charge in [-0.3, -0.25) is 0 Å². The van der Waals surface area contributed by atoms with Gasteiger partial charge in [0.2, 0.25) is 0 Å². The number of benzene rings is 2. The molecule has 1 N–H and O–H groups in total. The zero-order chi connectivity index (χ0) is 14.0. The van der Waals surface area contributed by atoms with Crippen molar-refractivity contribution in [1.82, 2.24) is 5.32 Å². The van der Waals surface area contributed by atoms with Crippen LogP contribution in [0.1, 0.15) is 22.7 Å². The molecule has 0 bridgehead atoms. The lowest BCUT2D eigenvalue weighted by molar-refractivity contribution is 0.570. The minimum atomic E-state index is -0.383. The van der Waals surface area contributed by atoms with Gasteiger partial charge in [0.25, 0.3) is 0 Å². The molecule has 1 unspecified atom stereocenters. The molecule has 1 atom stereocenters. The molecule has 2 aromatic carbocycles. The maximum atomic E-state index is 13.9. The van der Waals surface area contributed by atoms with Crippen molar-refractivity contribution in [2.45, 2.75) is 13.0 Å². The van der Waals surface area contributed by atoms with Crippen LogP contribution >= 0.6 is 15.9 Å². The van der Waals surface area contributed by atoms with Crippen molar-refractivity contribution in [3.8, 4) is 0 Å². The van der Waals surface area contributed by atoms with Crippen LogP contribution in [0.5, 0.6) is 0 Å². The number of hydrogen-bond donors (Lipinski definition) is 1. The Labute approximate surface area is 119 Å². The van der Waals surface area contributed by atoms with Crippen molar-refractivity contribution in [3.63, 3.8) is 0 Å². The van der Waals surface area contributed by atoms with Gasteiger partial charge in [-0.2, -0.15) is 0 Å². The summed E-state index contributed by atoms with van der Waals surface area (Å²) < 4.78 is 28.1. The maximum Gasteiger partial charge on any atom is 0.128 e. The highest BCUT2D eigenvalue weighted by molar-refractivity contribution is 9.10. The first-order chi connectivity index (χ1) is 9.01. The molecule has 2 rings (SSSR count). The second kappa shape index (κ2) is 5.80. The number of rotatable bonds is 3. The highest BCUT2D eigenvalue weighted by Gasteiger charge is 2.17. The first-order valence-corrected chi connectivity index (χ1v) is 6.70. The van der Waals surface area contributed by atoms with Crippen LogP contribution in [0.2, 0.25) is 0 Å². The van der Waals surface area contributed by atoms with Crippen LogP contribution in [0.4, 0.5) is 8.78 Å². The molecule has 100 valence electrons. The van der Waals surface area contributed by atoms with Crippen molar-refractivity contribution in [1.29, 1.82) is 0 Å². The number of nitrogens with one attached hydrogen (secondary N) is 1. The molecule has 0 aliphatic heterocycles. The first kappa shape index (κ1) is 14.2. The summed E-state index contributed by atoms with van der Waals surface area (Å²) in [5.41, 5.74) is 2.16. The van der Waals surface area contributed by atoms with Crippen LogP contribution in [0.15, 0.2) is 40.9 Å². The topological polar surface area (TPSA) is 12.0 Å². The molecular formula is C15H14BrF2N. The van der Waals surface area contributed by atoms with Crippen LogP contribution in [0, 0.1) is 18.6 Å². The van der Waals surface area contributed by atoms with E-state index in [0.29, 0.717) is 15.6 Å². The summed E-state index contributed by atoms with van der Waals surface area (Å²) >= 11 is 3.25. The zero-order valence-electron chi connectivity index (χ0n) is 10.7. The summed E-state index contributed by atoms with van der Waals surface area (Å²) in [5, 5.41) is 3.03. The highest BCUT2D eigenvalue weighted by Crippen LogP contribution is 2.27. The molecular weight excluding hydrogens is 312 g/mol. The molecule has 0 radical (unpaired) electrons. The van der Waals surface area contributed by atoms with Crippen molar-refractivity contribution in [3.05, 3.63) is 69.2 Å². The second-order valence-corrected chi connectivity index (χ2v) is 5.37. The second-order valence-electron chi connectivity index (χ2n) is 4.45. The van der Waals surface area contributed by atoms with Crippen LogP contribution < -0.4 is 5.32 Å². The molecule has 4 heteroatoms. The largest absolute Gasteiger partial charge is 0.309 e. The van der Waals surface area contributed by atoms with Crippen molar-refractivity contribution in [2.75, 3.05) is 7.05 Å². The number of hydrogen-bond acceptors (Lipinski definition) is 1. The lowest BCUT2D eigenvalue weighted by Crippen LogP contribution is -2.19. The van der Waals surface area contributed by atoms with Crippen molar-refractivity contribution in [2.24, 2.45) is 0 Å². The fraction of sp³-hybridized carbons (Fsp3) is 0.200. The fourth-order valence-electron chi connectivity index (χ4n) is 2.13. The summed E-state index contributed by atoms with van der Waals surface area (Å²) in [5.74, 6) is -0.650. The third kappa shape index (κ3) is 3.19. The fourth-order valence-corrected chi connectivity index (χ4v) is 2.61. The Bertz CT molecular complexity index is 578. The Balaban J connectivity index is 2.52. The Hall–Kier alpha value is -1.26. The summed E-state index contributed by atoms with van der Waals surface area (Å²) in [6.45, 7) is 1.90. The predicted molar refractivity (Wildman–Crippen MR) is 76.1 cm³/mol. The molecule has 0 amide bonds. The van der Waals surface area contributed by atoms with Gasteiger partial charge in [0.15, 0.2) is 0 Å². The van der Waals surface area contributed by atoms with Crippen LogP contribution in [0.3, 0.4) is 0 Å². The minimum absolute atomic E-state index is 0.301. The lowest BCUT2D eigenvalue weighted by Gasteiger charge is -2.19. The van der Waals surface area contributed by atoms with E-state index in [1.807, 2.05) is 6.92 Å². The third-order valence-corrected chi connectivity index (χ3v) is 3.43. The summed E-state index contributed by atoms with van der Waals surface area (Å²) in [4.78, 5) is 0. The first-order valence-electron chi connectivity index (χ1n) is 5.90. The molecule has 0 spiro atoms. The van der Waals surface area contributed by atoms with Crippen molar-refractivity contribution >= 4 is 15.9 Å². The summed E-state index contributed by atoms with van der Waals surface area (Å²) in [7, 11) is 1.73. The number of halogens is 3. The quantitative estimate of drug-likeness (QED) is 0.884. The molecule has 0 heterocycles. The van der Waals surface area contributed by atoms with E-state index < -0.39 is 0 Å². The molecule has 19 heavy (non-hydrogen) atoms. The average Bonchev–Trinajstić information content (AvgIpc) is 2.33. The lowest BCUT2D eigenvalue weighted by atomic mass is 9.97. The molecule has 0 aliphatic rings. The van der Waals surface area contributed by atoms with Gasteiger partial charge in [-0.15, -0.1) is 0 Å². The van der Waals surface area contributed by atoms with Gasteiger partial charge in [0.05, 0.1) is 6.04 Å². The highest BCUT2D eigenvalue weighted by atomic mass is 79.9.